The first kappa shape index (κ1) is 12.7. The third-order valence-electron chi connectivity index (χ3n) is 2.88. The highest BCUT2D eigenvalue weighted by atomic mass is 15.0. The maximum absolute atomic E-state index is 3.50. The molecule has 0 unspecified atom stereocenters. The minimum atomic E-state index is 0.991. The lowest BCUT2D eigenvalue weighted by atomic mass is 10.2. The molecule has 0 aliphatic carbocycles. The molecule has 2 rings (SSSR count). The fourth-order valence-corrected chi connectivity index (χ4v) is 1.96. The van der Waals surface area contributed by atoms with Gasteiger partial charge in [0, 0.05) is 18.9 Å². The molecule has 3 heteroatoms. The average molecular weight is 243 g/mol. The predicted octanol–water partition coefficient (Wildman–Crippen LogP) is 2.89. The van der Waals surface area contributed by atoms with Crippen LogP contribution < -0.4 is 10.6 Å². The third kappa shape index (κ3) is 3.37. The van der Waals surface area contributed by atoms with Crippen molar-refractivity contribution >= 4 is 5.69 Å². The van der Waals surface area contributed by atoms with Gasteiger partial charge in [-0.15, -0.1) is 0 Å². The van der Waals surface area contributed by atoms with Crippen molar-refractivity contribution in [2.75, 3.05) is 25.0 Å². The van der Waals surface area contributed by atoms with Crippen LogP contribution in [-0.4, -0.2) is 24.2 Å². The summed E-state index contributed by atoms with van der Waals surface area (Å²) in [6.07, 6.45) is 5.27. The van der Waals surface area contributed by atoms with E-state index in [4.69, 9.17) is 0 Å². The Hall–Kier alpha value is -1.74. The summed E-state index contributed by atoms with van der Waals surface area (Å²) in [4.78, 5) is 0. The summed E-state index contributed by atoms with van der Waals surface area (Å²) >= 11 is 0. The van der Waals surface area contributed by atoms with Crippen LogP contribution >= 0.6 is 0 Å². The Balaban J connectivity index is 1.96. The molecule has 1 aromatic carbocycles. The Morgan fingerprint density at radius 1 is 1.00 bits per heavy atom. The van der Waals surface area contributed by atoms with E-state index in [9.17, 15) is 0 Å². The maximum atomic E-state index is 3.50. The van der Waals surface area contributed by atoms with Gasteiger partial charge in [-0.1, -0.05) is 19.1 Å². The van der Waals surface area contributed by atoms with Gasteiger partial charge in [0.25, 0.3) is 0 Å². The van der Waals surface area contributed by atoms with Crippen LogP contribution in [0.5, 0.6) is 0 Å². The fourth-order valence-electron chi connectivity index (χ4n) is 1.96. The Labute approximate surface area is 109 Å². The summed E-state index contributed by atoms with van der Waals surface area (Å²) in [5, 5.41) is 6.83. The van der Waals surface area contributed by atoms with Crippen LogP contribution in [0.25, 0.3) is 5.69 Å². The average Bonchev–Trinajstić information content (AvgIpc) is 2.93. The van der Waals surface area contributed by atoms with Crippen molar-refractivity contribution < 1.29 is 0 Å². The topological polar surface area (TPSA) is 29.0 Å². The molecule has 2 N–H and O–H groups in total. The molecule has 0 bridgehead atoms. The molecule has 18 heavy (non-hydrogen) atoms. The number of nitrogens with zero attached hydrogens (tertiary/aromatic N) is 1. The van der Waals surface area contributed by atoms with Gasteiger partial charge in [-0.3, -0.25) is 0 Å². The molecule has 0 saturated heterocycles. The summed E-state index contributed by atoms with van der Waals surface area (Å²) in [5.74, 6) is 0. The van der Waals surface area contributed by atoms with Gasteiger partial charge in [-0.25, -0.2) is 0 Å². The highest BCUT2D eigenvalue weighted by Crippen LogP contribution is 2.19. The smallest absolute Gasteiger partial charge is 0.0682 e. The molecule has 0 radical (unpaired) electrons. The van der Waals surface area contributed by atoms with Crippen molar-refractivity contribution in [3.05, 3.63) is 48.8 Å². The number of anilines is 1. The van der Waals surface area contributed by atoms with E-state index in [2.05, 4.69) is 58.8 Å². The lowest BCUT2D eigenvalue weighted by Gasteiger charge is -2.12. The fraction of sp³-hybridized carbons (Fsp3) is 0.333. The summed E-state index contributed by atoms with van der Waals surface area (Å²) in [7, 11) is 0. The van der Waals surface area contributed by atoms with Crippen molar-refractivity contribution in [1.82, 2.24) is 9.88 Å². The van der Waals surface area contributed by atoms with Gasteiger partial charge in [0.1, 0.15) is 0 Å². The lowest BCUT2D eigenvalue weighted by molar-refractivity contribution is 0.688. The van der Waals surface area contributed by atoms with Gasteiger partial charge in [0.15, 0.2) is 0 Å². The first-order valence-corrected chi connectivity index (χ1v) is 6.59. The minimum Gasteiger partial charge on any atom is -0.383 e. The normalized spacial score (nSPS) is 10.5. The maximum Gasteiger partial charge on any atom is 0.0682 e. The SMILES string of the molecule is CCNCCCNc1ccccc1-n1cccc1. The Morgan fingerprint density at radius 3 is 2.56 bits per heavy atom. The molecule has 3 nitrogen and oxygen atoms in total. The molecule has 0 spiro atoms. The number of para-hydroxylation sites is 2. The quantitative estimate of drug-likeness (QED) is 0.732. The van der Waals surface area contributed by atoms with Crippen LogP contribution in [0.3, 0.4) is 0 Å². The van der Waals surface area contributed by atoms with E-state index >= 15 is 0 Å². The van der Waals surface area contributed by atoms with Crippen LogP contribution in [0.15, 0.2) is 48.8 Å². The second-order valence-corrected chi connectivity index (χ2v) is 4.24. The zero-order chi connectivity index (χ0) is 12.6. The van der Waals surface area contributed by atoms with Crippen molar-refractivity contribution in [2.24, 2.45) is 0 Å². The summed E-state index contributed by atoms with van der Waals surface area (Å²) < 4.78 is 2.13. The van der Waals surface area contributed by atoms with Gasteiger partial charge in [0.05, 0.1) is 11.4 Å². The highest BCUT2D eigenvalue weighted by molar-refractivity contribution is 5.61. The molecule has 0 atom stereocenters. The standard InChI is InChI=1S/C15H21N3/c1-2-16-10-7-11-17-14-8-3-4-9-15(14)18-12-5-6-13-18/h3-6,8-9,12-13,16-17H,2,7,10-11H2,1H3. The van der Waals surface area contributed by atoms with Crippen LogP contribution in [0.1, 0.15) is 13.3 Å². The van der Waals surface area contributed by atoms with Crippen molar-refractivity contribution in [3.8, 4) is 5.69 Å². The highest BCUT2D eigenvalue weighted by Gasteiger charge is 2.01. The van der Waals surface area contributed by atoms with Crippen molar-refractivity contribution in [2.45, 2.75) is 13.3 Å². The minimum absolute atomic E-state index is 0.991. The zero-order valence-corrected chi connectivity index (χ0v) is 10.9. The van der Waals surface area contributed by atoms with E-state index in [-0.39, 0.29) is 0 Å². The van der Waals surface area contributed by atoms with E-state index in [0.717, 1.165) is 26.1 Å². The molecular weight excluding hydrogens is 222 g/mol. The van der Waals surface area contributed by atoms with E-state index < -0.39 is 0 Å². The van der Waals surface area contributed by atoms with E-state index in [1.807, 2.05) is 12.1 Å². The predicted molar refractivity (Wildman–Crippen MR) is 77.4 cm³/mol. The number of hydrogen-bond donors (Lipinski definition) is 2. The van der Waals surface area contributed by atoms with E-state index in [0.29, 0.717) is 0 Å². The third-order valence-corrected chi connectivity index (χ3v) is 2.88. The summed E-state index contributed by atoms with van der Waals surface area (Å²) in [5.41, 5.74) is 2.39. The number of aromatic nitrogens is 1. The van der Waals surface area contributed by atoms with Gasteiger partial charge < -0.3 is 15.2 Å². The number of nitrogens with one attached hydrogen (secondary N) is 2. The number of hydrogen-bond acceptors (Lipinski definition) is 2. The van der Waals surface area contributed by atoms with Crippen LogP contribution in [0.4, 0.5) is 5.69 Å². The van der Waals surface area contributed by atoms with Crippen LogP contribution in [0.2, 0.25) is 0 Å². The second kappa shape index (κ2) is 6.87. The Bertz CT molecular complexity index is 449. The van der Waals surface area contributed by atoms with Gasteiger partial charge in [-0.2, -0.15) is 0 Å². The van der Waals surface area contributed by atoms with Gasteiger partial charge in [-0.05, 0) is 43.8 Å². The van der Waals surface area contributed by atoms with Crippen molar-refractivity contribution in [3.63, 3.8) is 0 Å². The van der Waals surface area contributed by atoms with Crippen molar-refractivity contribution in [1.29, 1.82) is 0 Å². The lowest BCUT2D eigenvalue weighted by Crippen LogP contribution is -2.17. The number of rotatable bonds is 7. The van der Waals surface area contributed by atoms with E-state index in [1.54, 1.807) is 0 Å². The molecule has 1 aromatic heterocycles. The first-order valence-electron chi connectivity index (χ1n) is 6.59. The molecule has 1 heterocycles. The molecule has 2 aromatic rings. The molecule has 0 aliphatic heterocycles. The molecule has 0 amide bonds. The van der Waals surface area contributed by atoms with Gasteiger partial charge >= 0.3 is 0 Å². The monoisotopic (exact) mass is 243 g/mol. The van der Waals surface area contributed by atoms with Crippen LogP contribution in [0, 0.1) is 0 Å². The van der Waals surface area contributed by atoms with Crippen LogP contribution in [-0.2, 0) is 0 Å². The second-order valence-electron chi connectivity index (χ2n) is 4.24. The zero-order valence-electron chi connectivity index (χ0n) is 10.9. The summed E-state index contributed by atoms with van der Waals surface area (Å²) in [6, 6.07) is 12.5. The first-order chi connectivity index (χ1) is 8.92. The molecular formula is C15H21N3. The molecule has 0 aliphatic rings. The Morgan fingerprint density at radius 2 is 1.78 bits per heavy atom. The molecule has 96 valence electrons. The summed E-state index contributed by atoms with van der Waals surface area (Å²) in [6.45, 7) is 5.23. The van der Waals surface area contributed by atoms with Gasteiger partial charge in [0.2, 0.25) is 0 Å². The molecule has 0 fully saturated rings. The largest absolute Gasteiger partial charge is 0.383 e. The molecule has 0 saturated carbocycles. The van der Waals surface area contributed by atoms with E-state index in [1.165, 1.54) is 11.4 Å². The Kier molecular flexibility index (Phi) is 4.85. The number of benzene rings is 1.